The highest BCUT2D eigenvalue weighted by Gasteiger charge is 2.22. The number of nitrogens with zero attached hydrogens (tertiary/aromatic N) is 1. The third-order valence-electron chi connectivity index (χ3n) is 5.99. The van der Waals surface area contributed by atoms with Gasteiger partial charge in [0.05, 0.1) is 0 Å². The van der Waals surface area contributed by atoms with Crippen LogP contribution < -0.4 is 11.1 Å². The number of benzene rings is 2. The molecule has 0 saturated heterocycles. The minimum absolute atomic E-state index is 0.751. The van der Waals surface area contributed by atoms with Crippen molar-refractivity contribution in [3.63, 3.8) is 0 Å². The SMILES string of the molecule is CNc1ccc(CN(Cc2ccc(C)cc2)CC2CCC(CN)CC2)cc1. The number of hydrogen-bond donors (Lipinski definition) is 2. The number of anilines is 1. The Kier molecular flexibility index (Phi) is 7.31. The van der Waals surface area contributed by atoms with E-state index >= 15 is 0 Å². The maximum Gasteiger partial charge on any atom is 0.0337 e. The van der Waals surface area contributed by atoms with Crippen LogP contribution in [0.5, 0.6) is 0 Å². The van der Waals surface area contributed by atoms with Crippen molar-refractivity contribution in [2.75, 3.05) is 25.5 Å². The van der Waals surface area contributed by atoms with Crippen LogP contribution in [-0.4, -0.2) is 25.0 Å². The van der Waals surface area contributed by atoms with E-state index in [2.05, 4.69) is 65.7 Å². The summed E-state index contributed by atoms with van der Waals surface area (Å²) < 4.78 is 0. The normalized spacial score (nSPS) is 20.0. The highest BCUT2D eigenvalue weighted by Crippen LogP contribution is 2.29. The minimum atomic E-state index is 0.751. The van der Waals surface area contributed by atoms with Crippen molar-refractivity contribution in [2.24, 2.45) is 17.6 Å². The number of hydrogen-bond acceptors (Lipinski definition) is 3. The fraction of sp³-hybridized carbons (Fsp3) is 0.500. The molecule has 27 heavy (non-hydrogen) atoms. The van der Waals surface area contributed by atoms with E-state index in [4.69, 9.17) is 5.73 Å². The molecule has 0 aromatic heterocycles. The number of nitrogens with two attached hydrogens (primary N) is 1. The molecule has 3 heteroatoms. The fourth-order valence-corrected chi connectivity index (χ4v) is 4.19. The molecule has 3 rings (SSSR count). The zero-order chi connectivity index (χ0) is 19.1. The molecule has 3 nitrogen and oxygen atoms in total. The Hall–Kier alpha value is -1.84. The maximum absolute atomic E-state index is 5.87. The van der Waals surface area contributed by atoms with Crippen molar-refractivity contribution in [1.82, 2.24) is 4.90 Å². The molecule has 0 aliphatic heterocycles. The summed E-state index contributed by atoms with van der Waals surface area (Å²) in [4.78, 5) is 2.63. The van der Waals surface area contributed by atoms with Gasteiger partial charge in [-0.2, -0.15) is 0 Å². The summed E-state index contributed by atoms with van der Waals surface area (Å²) in [6, 6.07) is 17.8. The molecule has 0 heterocycles. The van der Waals surface area contributed by atoms with Gasteiger partial charge in [-0.05, 0) is 74.2 Å². The monoisotopic (exact) mass is 365 g/mol. The lowest BCUT2D eigenvalue weighted by Crippen LogP contribution is -2.32. The molecule has 0 spiro atoms. The third-order valence-corrected chi connectivity index (χ3v) is 5.99. The molecule has 1 aliphatic rings. The van der Waals surface area contributed by atoms with E-state index in [9.17, 15) is 0 Å². The Morgan fingerprint density at radius 3 is 1.89 bits per heavy atom. The Morgan fingerprint density at radius 1 is 0.852 bits per heavy atom. The van der Waals surface area contributed by atoms with E-state index in [0.717, 1.165) is 31.5 Å². The topological polar surface area (TPSA) is 41.3 Å². The fourth-order valence-electron chi connectivity index (χ4n) is 4.19. The van der Waals surface area contributed by atoms with E-state index in [0.29, 0.717) is 0 Å². The molecule has 0 unspecified atom stereocenters. The van der Waals surface area contributed by atoms with Crippen molar-refractivity contribution in [3.05, 3.63) is 65.2 Å². The molecule has 0 bridgehead atoms. The molecule has 146 valence electrons. The number of rotatable bonds is 8. The van der Waals surface area contributed by atoms with Gasteiger partial charge in [0.15, 0.2) is 0 Å². The molecule has 1 saturated carbocycles. The van der Waals surface area contributed by atoms with Gasteiger partial charge in [0.1, 0.15) is 0 Å². The lowest BCUT2D eigenvalue weighted by atomic mass is 9.82. The second kappa shape index (κ2) is 9.91. The molecular formula is C24H35N3. The molecule has 0 radical (unpaired) electrons. The zero-order valence-electron chi connectivity index (χ0n) is 17.0. The third kappa shape index (κ3) is 6.08. The van der Waals surface area contributed by atoms with Crippen LogP contribution in [0.25, 0.3) is 0 Å². The second-order valence-electron chi connectivity index (χ2n) is 8.22. The standard InChI is InChI=1S/C24H35N3/c1-19-3-5-21(6-4-19)16-27(17-22-9-7-20(15-25)8-10-22)18-23-11-13-24(26-2)14-12-23/h3-6,11-14,20,22,26H,7-10,15-18,25H2,1-2H3. The number of aryl methyl sites for hydroxylation is 1. The van der Waals surface area contributed by atoms with Gasteiger partial charge in [0.25, 0.3) is 0 Å². The van der Waals surface area contributed by atoms with E-state index in [1.54, 1.807) is 0 Å². The minimum Gasteiger partial charge on any atom is -0.388 e. The second-order valence-corrected chi connectivity index (χ2v) is 8.22. The number of nitrogens with one attached hydrogen (secondary N) is 1. The van der Waals surface area contributed by atoms with Crippen LogP contribution in [0.1, 0.15) is 42.4 Å². The average molecular weight is 366 g/mol. The smallest absolute Gasteiger partial charge is 0.0337 e. The van der Waals surface area contributed by atoms with Gasteiger partial charge in [0.2, 0.25) is 0 Å². The van der Waals surface area contributed by atoms with Crippen LogP contribution in [0, 0.1) is 18.8 Å². The highest BCUT2D eigenvalue weighted by molar-refractivity contribution is 5.43. The summed E-state index contributed by atoms with van der Waals surface area (Å²) in [7, 11) is 1.97. The van der Waals surface area contributed by atoms with Gasteiger partial charge in [-0.25, -0.2) is 0 Å². The average Bonchev–Trinajstić information content (AvgIpc) is 2.71. The van der Waals surface area contributed by atoms with Gasteiger partial charge < -0.3 is 11.1 Å². The zero-order valence-corrected chi connectivity index (χ0v) is 17.0. The van der Waals surface area contributed by atoms with Gasteiger partial charge >= 0.3 is 0 Å². The summed E-state index contributed by atoms with van der Waals surface area (Å²) in [5.74, 6) is 1.55. The lowest BCUT2D eigenvalue weighted by Gasteiger charge is -2.32. The summed E-state index contributed by atoms with van der Waals surface area (Å²) in [6.45, 7) is 6.22. The van der Waals surface area contributed by atoms with Crippen LogP contribution in [0.3, 0.4) is 0 Å². The van der Waals surface area contributed by atoms with Crippen molar-refractivity contribution >= 4 is 5.69 Å². The van der Waals surface area contributed by atoms with Crippen LogP contribution in [0.15, 0.2) is 48.5 Å². The van der Waals surface area contributed by atoms with Crippen LogP contribution in [0.4, 0.5) is 5.69 Å². The summed E-state index contributed by atoms with van der Waals surface area (Å²) in [5.41, 5.74) is 11.2. The van der Waals surface area contributed by atoms with Crippen molar-refractivity contribution < 1.29 is 0 Å². The predicted molar refractivity (Wildman–Crippen MR) is 116 cm³/mol. The van der Waals surface area contributed by atoms with Crippen LogP contribution >= 0.6 is 0 Å². The predicted octanol–water partition coefficient (Wildman–Crippen LogP) is 4.80. The molecule has 1 aliphatic carbocycles. The lowest BCUT2D eigenvalue weighted by molar-refractivity contribution is 0.170. The van der Waals surface area contributed by atoms with E-state index in [-0.39, 0.29) is 0 Å². The first-order valence-corrected chi connectivity index (χ1v) is 10.4. The molecular weight excluding hydrogens is 330 g/mol. The van der Waals surface area contributed by atoms with Crippen molar-refractivity contribution in [3.8, 4) is 0 Å². The van der Waals surface area contributed by atoms with E-state index < -0.39 is 0 Å². The van der Waals surface area contributed by atoms with Crippen molar-refractivity contribution in [2.45, 2.75) is 45.7 Å². The highest BCUT2D eigenvalue weighted by atomic mass is 15.1. The first kappa shape index (κ1) is 19.9. The maximum atomic E-state index is 5.87. The van der Waals surface area contributed by atoms with Gasteiger partial charge in [-0.3, -0.25) is 4.90 Å². The van der Waals surface area contributed by atoms with Crippen LogP contribution in [-0.2, 0) is 13.1 Å². The molecule has 1 fully saturated rings. The molecule has 0 atom stereocenters. The Morgan fingerprint density at radius 2 is 1.37 bits per heavy atom. The Bertz CT molecular complexity index is 670. The van der Waals surface area contributed by atoms with E-state index in [1.807, 2.05) is 7.05 Å². The first-order chi connectivity index (χ1) is 13.2. The largest absolute Gasteiger partial charge is 0.388 e. The van der Waals surface area contributed by atoms with Gasteiger partial charge in [0, 0.05) is 32.4 Å². The summed E-state index contributed by atoms with van der Waals surface area (Å²) >= 11 is 0. The summed E-state index contributed by atoms with van der Waals surface area (Å²) in [6.07, 6.45) is 5.25. The van der Waals surface area contributed by atoms with Crippen molar-refractivity contribution in [1.29, 1.82) is 0 Å². The summed E-state index contributed by atoms with van der Waals surface area (Å²) in [5, 5.41) is 3.20. The van der Waals surface area contributed by atoms with Gasteiger partial charge in [-0.1, -0.05) is 42.0 Å². The van der Waals surface area contributed by atoms with Crippen LogP contribution in [0.2, 0.25) is 0 Å². The Balaban J connectivity index is 1.66. The van der Waals surface area contributed by atoms with Gasteiger partial charge in [-0.15, -0.1) is 0 Å². The molecule has 3 N–H and O–H groups in total. The Labute approximate surface area is 165 Å². The molecule has 2 aromatic carbocycles. The molecule has 0 amide bonds. The molecule has 2 aromatic rings. The van der Waals surface area contributed by atoms with E-state index in [1.165, 1.54) is 54.6 Å². The first-order valence-electron chi connectivity index (χ1n) is 10.4. The quantitative estimate of drug-likeness (QED) is 0.706.